The first-order chi connectivity index (χ1) is 9.22. The van der Waals surface area contributed by atoms with Crippen LogP contribution in [0.2, 0.25) is 0 Å². The monoisotopic (exact) mass is 270 g/mol. The Hall–Kier alpha value is -0.570. The third-order valence-corrected chi connectivity index (χ3v) is 4.20. The standard InChI is InChI=1S/C16H30O3/c1-2-3-4-5-6-7-8-14-9-11-15(12-10-14)19-13-16(17)18/h14-15H,2-13H2,1H3,(H,17,18). The predicted octanol–water partition coefficient (Wildman–Crippen LogP) is 4.40. The van der Waals surface area contributed by atoms with Crippen LogP contribution in [-0.2, 0) is 9.53 Å². The van der Waals surface area contributed by atoms with E-state index in [-0.39, 0.29) is 12.7 Å². The molecule has 0 aromatic heterocycles. The van der Waals surface area contributed by atoms with Gasteiger partial charge in [-0.3, -0.25) is 0 Å². The summed E-state index contributed by atoms with van der Waals surface area (Å²) in [6.45, 7) is 2.12. The van der Waals surface area contributed by atoms with E-state index >= 15 is 0 Å². The molecule has 0 saturated heterocycles. The highest BCUT2D eigenvalue weighted by atomic mass is 16.5. The third kappa shape index (κ3) is 8.25. The summed E-state index contributed by atoms with van der Waals surface area (Å²) < 4.78 is 5.36. The average molecular weight is 270 g/mol. The second-order valence-electron chi connectivity index (χ2n) is 5.90. The number of hydrogen-bond acceptors (Lipinski definition) is 2. The summed E-state index contributed by atoms with van der Waals surface area (Å²) in [5, 5.41) is 8.58. The van der Waals surface area contributed by atoms with E-state index in [1.807, 2.05) is 0 Å². The van der Waals surface area contributed by atoms with Crippen molar-refractivity contribution < 1.29 is 14.6 Å². The molecule has 0 atom stereocenters. The summed E-state index contributed by atoms with van der Waals surface area (Å²) in [6.07, 6.45) is 14.3. The Balaban J connectivity index is 1.96. The Morgan fingerprint density at radius 1 is 1.05 bits per heavy atom. The zero-order chi connectivity index (χ0) is 13.9. The lowest BCUT2D eigenvalue weighted by Gasteiger charge is -2.28. The lowest BCUT2D eigenvalue weighted by atomic mass is 9.84. The van der Waals surface area contributed by atoms with E-state index in [1.54, 1.807) is 0 Å². The number of rotatable bonds is 10. The van der Waals surface area contributed by atoms with Crippen LogP contribution in [0.3, 0.4) is 0 Å². The molecule has 1 aliphatic carbocycles. The minimum atomic E-state index is -0.853. The molecule has 0 aromatic rings. The maximum absolute atomic E-state index is 10.4. The Morgan fingerprint density at radius 2 is 1.68 bits per heavy atom. The van der Waals surface area contributed by atoms with Crippen molar-refractivity contribution in [1.82, 2.24) is 0 Å². The molecule has 0 unspecified atom stereocenters. The van der Waals surface area contributed by atoms with E-state index in [2.05, 4.69) is 6.92 Å². The second-order valence-corrected chi connectivity index (χ2v) is 5.90. The quantitative estimate of drug-likeness (QED) is 0.599. The van der Waals surface area contributed by atoms with Gasteiger partial charge in [0, 0.05) is 0 Å². The average Bonchev–Trinajstić information content (AvgIpc) is 2.41. The molecule has 0 amide bonds. The maximum Gasteiger partial charge on any atom is 0.329 e. The van der Waals surface area contributed by atoms with Gasteiger partial charge in [-0.25, -0.2) is 4.79 Å². The summed E-state index contributed by atoms with van der Waals surface area (Å²) in [7, 11) is 0. The van der Waals surface area contributed by atoms with Crippen LogP contribution < -0.4 is 0 Å². The van der Waals surface area contributed by atoms with Crippen molar-refractivity contribution in [3.05, 3.63) is 0 Å². The van der Waals surface area contributed by atoms with Crippen molar-refractivity contribution in [2.24, 2.45) is 5.92 Å². The third-order valence-electron chi connectivity index (χ3n) is 4.20. The molecule has 1 saturated carbocycles. The van der Waals surface area contributed by atoms with Gasteiger partial charge in [-0.15, -0.1) is 0 Å². The number of carboxylic acids is 1. The predicted molar refractivity (Wildman–Crippen MR) is 77.3 cm³/mol. The Kier molecular flexibility index (Phi) is 8.89. The van der Waals surface area contributed by atoms with E-state index < -0.39 is 5.97 Å². The van der Waals surface area contributed by atoms with E-state index in [4.69, 9.17) is 9.84 Å². The first-order valence-corrected chi connectivity index (χ1v) is 8.05. The Bertz CT molecular complexity index is 232. The SMILES string of the molecule is CCCCCCCCC1CCC(OCC(=O)O)CC1. The lowest BCUT2D eigenvalue weighted by molar-refractivity contribution is -0.145. The molecular weight excluding hydrogens is 240 g/mol. The smallest absolute Gasteiger partial charge is 0.329 e. The van der Waals surface area contributed by atoms with Crippen LogP contribution in [0, 0.1) is 5.92 Å². The molecule has 1 N–H and O–H groups in total. The minimum absolute atomic E-state index is 0.132. The first-order valence-electron chi connectivity index (χ1n) is 8.05. The highest BCUT2D eigenvalue weighted by molar-refractivity contribution is 5.68. The summed E-state index contributed by atoms with van der Waals surface area (Å²) in [5.74, 6) is 0.00468. The number of hydrogen-bond donors (Lipinski definition) is 1. The van der Waals surface area contributed by atoms with Gasteiger partial charge in [0.2, 0.25) is 0 Å². The molecule has 0 radical (unpaired) electrons. The van der Waals surface area contributed by atoms with E-state index in [9.17, 15) is 4.79 Å². The van der Waals surface area contributed by atoms with Gasteiger partial charge in [0.05, 0.1) is 6.10 Å². The largest absolute Gasteiger partial charge is 0.480 e. The summed E-state index contributed by atoms with van der Waals surface area (Å²) in [6, 6.07) is 0. The van der Waals surface area contributed by atoms with Gasteiger partial charge in [0.1, 0.15) is 6.61 Å². The Labute approximate surface area is 117 Å². The Morgan fingerprint density at radius 3 is 2.32 bits per heavy atom. The molecule has 3 heteroatoms. The molecule has 3 nitrogen and oxygen atoms in total. The van der Waals surface area contributed by atoms with Gasteiger partial charge in [-0.2, -0.15) is 0 Å². The van der Waals surface area contributed by atoms with Gasteiger partial charge >= 0.3 is 5.97 Å². The van der Waals surface area contributed by atoms with Crippen LogP contribution in [0.25, 0.3) is 0 Å². The molecule has 0 bridgehead atoms. The number of carbonyl (C=O) groups is 1. The van der Waals surface area contributed by atoms with Crippen LogP contribution in [-0.4, -0.2) is 23.8 Å². The van der Waals surface area contributed by atoms with Crippen molar-refractivity contribution in [2.75, 3.05) is 6.61 Å². The van der Waals surface area contributed by atoms with E-state index in [0.29, 0.717) is 0 Å². The van der Waals surface area contributed by atoms with Crippen molar-refractivity contribution in [3.8, 4) is 0 Å². The van der Waals surface area contributed by atoms with Crippen LogP contribution in [0.15, 0.2) is 0 Å². The van der Waals surface area contributed by atoms with Crippen LogP contribution in [0.1, 0.15) is 77.6 Å². The first kappa shape index (κ1) is 16.5. The molecule has 0 heterocycles. The topological polar surface area (TPSA) is 46.5 Å². The van der Waals surface area contributed by atoms with Crippen molar-refractivity contribution in [1.29, 1.82) is 0 Å². The molecule has 0 aliphatic heterocycles. The van der Waals surface area contributed by atoms with Gasteiger partial charge in [0.25, 0.3) is 0 Å². The maximum atomic E-state index is 10.4. The van der Waals surface area contributed by atoms with E-state index in [1.165, 1.54) is 57.8 Å². The number of ether oxygens (including phenoxy) is 1. The normalized spacial score (nSPS) is 23.4. The molecule has 1 aliphatic rings. The van der Waals surface area contributed by atoms with Gasteiger partial charge < -0.3 is 9.84 Å². The van der Waals surface area contributed by atoms with Crippen molar-refractivity contribution >= 4 is 5.97 Å². The van der Waals surface area contributed by atoms with Crippen LogP contribution in [0.4, 0.5) is 0 Å². The summed E-state index contributed by atoms with van der Waals surface area (Å²) in [4.78, 5) is 10.4. The molecule has 112 valence electrons. The summed E-state index contributed by atoms with van der Waals surface area (Å²) >= 11 is 0. The molecular formula is C16H30O3. The van der Waals surface area contributed by atoms with Crippen molar-refractivity contribution in [3.63, 3.8) is 0 Å². The highest BCUT2D eigenvalue weighted by Gasteiger charge is 2.21. The van der Waals surface area contributed by atoms with Gasteiger partial charge in [0.15, 0.2) is 0 Å². The summed E-state index contributed by atoms with van der Waals surface area (Å²) in [5.41, 5.74) is 0. The molecule has 19 heavy (non-hydrogen) atoms. The van der Waals surface area contributed by atoms with Crippen molar-refractivity contribution in [2.45, 2.75) is 83.7 Å². The molecule has 1 fully saturated rings. The van der Waals surface area contributed by atoms with Gasteiger partial charge in [-0.1, -0.05) is 51.9 Å². The fourth-order valence-electron chi connectivity index (χ4n) is 2.99. The fourth-order valence-corrected chi connectivity index (χ4v) is 2.99. The molecule has 0 spiro atoms. The zero-order valence-electron chi connectivity index (χ0n) is 12.4. The zero-order valence-corrected chi connectivity index (χ0v) is 12.4. The number of unbranched alkanes of at least 4 members (excludes halogenated alkanes) is 5. The molecule has 1 rings (SSSR count). The fraction of sp³-hybridized carbons (Fsp3) is 0.938. The van der Waals surface area contributed by atoms with E-state index in [0.717, 1.165) is 18.8 Å². The van der Waals surface area contributed by atoms with Crippen LogP contribution in [0.5, 0.6) is 0 Å². The highest BCUT2D eigenvalue weighted by Crippen LogP contribution is 2.30. The second kappa shape index (κ2) is 10.2. The number of carboxylic acid groups (broad SMARTS) is 1. The minimum Gasteiger partial charge on any atom is -0.480 e. The van der Waals surface area contributed by atoms with Crippen LogP contribution >= 0.6 is 0 Å². The van der Waals surface area contributed by atoms with Gasteiger partial charge in [-0.05, 0) is 31.6 Å². The number of aliphatic carboxylic acids is 1. The lowest BCUT2D eigenvalue weighted by Crippen LogP contribution is -2.24. The molecule has 0 aromatic carbocycles.